The predicted molar refractivity (Wildman–Crippen MR) is 90.9 cm³/mol. The van der Waals surface area contributed by atoms with Crippen molar-refractivity contribution in [3.05, 3.63) is 24.3 Å². The monoisotopic (exact) mass is 375 g/mol. The summed E-state index contributed by atoms with van der Waals surface area (Å²) in [5.41, 5.74) is 0.502. The average Bonchev–Trinajstić information content (AvgIpc) is 2.59. The van der Waals surface area contributed by atoms with E-state index in [4.69, 9.17) is 0 Å². The van der Waals surface area contributed by atoms with Crippen LogP contribution in [0.4, 0.5) is 18.9 Å². The van der Waals surface area contributed by atoms with Crippen LogP contribution in [0.5, 0.6) is 5.75 Å². The van der Waals surface area contributed by atoms with Gasteiger partial charge in [0.25, 0.3) is 0 Å². The molecule has 1 aromatic carbocycles. The number of rotatable bonds is 10. The standard InChI is InChI=1S/C18H24F3NO4/c1-22(14-10-12-15(13-11-14)26-18(19,20)21)16(23)8-6-4-3-5-7-9-17(24)25-2/h10-13H,3-9H2,1-2H3. The normalized spacial score (nSPS) is 11.1. The largest absolute Gasteiger partial charge is 0.573 e. The zero-order valence-corrected chi connectivity index (χ0v) is 15.0. The van der Waals surface area contributed by atoms with Crippen molar-refractivity contribution < 1.29 is 32.2 Å². The van der Waals surface area contributed by atoms with Crippen LogP contribution in [0.25, 0.3) is 0 Å². The quantitative estimate of drug-likeness (QED) is 0.448. The number of alkyl halides is 3. The first kappa shape index (κ1) is 21.8. The van der Waals surface area contributed by atoms with Gasteiger partial charge in [-0.2, -0.15) is 0 Å². The van der Waals surface area contributed by atoms with Gasteiger partial charge in [-0.25, -0.2) is 0 Å². The second kappa shape index (κ2) is 10.7. The number of carbonyl (C=O) groups excluding carboxylic acids is 2. The van der Waals surface area contributed by atoms with Gasteiger partial charge >= 0.3 is 12.3 Å². The van der Waals surface area contributed by atoms with E-state index >= 15 is 0 Å². The Balaban J connectivity index is 2.29. The minimum Gasteiger partial charge on any atom is -0.469 e. The minimum absolute atomic E-state index is 0.107. The second-order valence-electron chi connectivity index (χ2n) is 5.84. The summed E-state index contributed by atoms with van der Waals surface area (Å²) in [4.78, 5) is 24.5. The highest BCUT2D eigenvalue weighted by Gasteiger charge is 2.31. The molecule has 0 N–H and O–H groups in total. The number of ether oxygens (including phenoxy) is 2. The molecule has 0 spiro atoms. The molecular weight excluding hydrogens is 351 g/mol. The van der Waals surface area contributed by atoms with Crippen LogP contribution in [-0.2, 0) is 14.3 Å². The van der Waals surface area contributed by atoms with Crippen molar-refractivity contribution in [1.29, 1.82) is 0 Å². The molecule has 0 radical (unpaired) electrons. The van der Waals surface area contributed by atoms with E-state index in [0.29, 0.717) is 18.5 Å². The Morgan fingerprint density at radius 3 is 2.04 bits per heavy atom. The summed E-state index contributed by atoms with van der Waals surface area (Å²) in [5.74, 6) is -0.647. The molecule has 0 fully saturated rings. The lowest BCUT2D eigenvalue weighted by Crippen LogP contribution is -2.25. The van der Waals surface area contributed by atoms with E-state index in [9.17, 15) is 22.8 Å². The highest BCUT2D eigenvalue weighted by molar-refractivity contribution is 5.92. The van der Waals surface area contributed by atoms with E-state index in [-0.39, 0.29) is 17.6 Å². The van der Waals surface area contributed by atoms with Crippen molar-refractivity contribution in [2.45, 2.75) is 51.3 Å². The molecule has 1 rings (SSSR count). The molecule has 8 heteroatoms. The molecule has 0 saturated heterocycles. The van der Waals surface area contributed by atoms with Crippen molar-refractivity contribution in [2.75, 3.05) is 19.1 Å². The number of esters is 1. The molecule has 0 aliphatic carbocycles. The van der Waals surface area contributed by atoms with Gasteiger partial charge < -0.3 is 14.4 Å². The average molecular weight is 375 g/mol. The zero-order valence-electron chi connectivity index (χ0n) is 15.0. The zero-order chi connectivity index (χ0) is 19.6. The molecule has 1 amide bonds. The van der Waals surface area contributed by atoms with Gasteiger partial charge in [-0.15, -0.1) is 13.2 Å². The van der Waals surface area contributed by atoms with Crippen LogP contribution in [0, 0.1) is 0 Å². The molecule has 0 aliphatic heterocycles. The third kappa shape index (κ3) is 8.73. The van der Waals surface area contributed by atoms with E-state index in [0.717, 1.165) is 32.1 Å². The molecule has 0 atom stereocenters. The number of amides is 1. The third-order valence-corrected chi connectivity index (χ3v) is 3.83. The van der Waals surface area contributed by atoms with Crippen LogP contribution in [0.3, 0.4) is 0 Å². The number of halogens is 3. The molecule has 0 unspecified atom stereocenters. The number of methoxy groups -OCH3 is 1. The Kier molecular flexibility index (Phi) is 8.95. The van der Waals surface area contributed by atoms with Crippen molar-refractivity contribution in [2.24, 2.45) is 0 Å². The molecule has 0 bridgehead atoms. The minimum atomic E-state index is -4.74. The predicted octanol–water partition coefficient (Wildman–Crippen LogP) is 4.45. The van der Waals surface area contributed by atoms with E-state index in [1.165, 1.54) is 36.3 Å². The van der Waals surface area contributed by atoms with Crippen LogP contribution in [0.1, 0.15) is 44.9 Å². The summed E-state index contributed by atoms with van der Waals surface area (Å²) >= 11 is 0. The van der Waals surface area contributed by atoms with Crippen LogP contribution < -0.4 is 9.64 Å². The van der Waals surface area contributed by atoms with Crippen molar-refractivity contribution in [3.63, 3.8) is 0 Å². The third-order valence-electron chi connectivity index (χ3n) is 3.83. The number of hydrogen-bond acceptors (Lipinski definition) is 4. The van der Waals surface area contributed by atoms with Gasteiger partial charge in [0.15, 0.2) is 0 Å². The molecule has 1 aromatic rings. The molecule has 0 aliphatic rings. The maximum absolute atomic E-state index is 12.1. The molecule has 0 heterocycles. The van der Waals surface area contributed by atoms with Crippen molar-refractivity contribution >= 4 is 17.6 Å². The SMILES string of the molecule is COC(=O)CCCCCCCC(=O)N(C)c1ccc(OC(F)(F)F)cc1. The van der Waals surface area contributed by atoms with Crippen molar-refractivity contribution in [1.82, 2.24) is 0 Å². The highest BCUT2D eigenvalue weighted by atomic mass is 19.4. The first-order valence-corrected chi connectivity index (χ1v) is 8.42. The Hall–Kier alpha value is -2.25. The van der Waals surface area contributed by atoms with Gasteiger partial charge in [-0.1, -0.05) is 19.3 Å². The van der Waals surface area contributed by atoms with Crippen LogP contribution in [-0.4, -0.2) is 32.4 Å². The molecule has 0 saturated carbocycles. The summed E-state index contributed by atoms with van der Waals surface area (Å²) in [6, 6.07) is 5.17. The van der Waals surface area contributed by atoms with E-state index in [1.807, 2.05) is 0 Å². The Bertz CT molecular complexity index is 573. The van der Waals surface area contributed by atoms with Gasteiger partial charge in [0.1, 0.15) is 5.75 Å². The number of nitrogens with zero attached hydrogens (tertiary/aromatic N) is 1. The maximum Gasteiger partial charge on any atom is 0.573 e. The number of hydrogen-bond donors (Lipinski definition) is 0. The first-order valence-electron chi connectivity index (χ1n) is 8.42. The van der Waals surface area contributed by atoms with Gasteiger partial charge in [0.05, 0.1) is 7.11 Å². The lowest BCUT2D eigenvalue weighted by atomic mass is 10.1. The summed E-state index contributed by atoms with van der Waals surface area (Å²) < 4.78 is 44.7. The van der Waals surface area contributed by atoms with Crippen LogP contribution in [0.15, 0.2) is 24.3 Å². The highest BCUT2D eigenvalue weighted by Crippen LogP contribution is 2.25. The number of anilines is 1. The summed E-state index contributed by atoms with van der Waals surface area (Å²) in [7, 11) is 2.94. The molecular formula is C18H24F3NO4. The second-order valence-corrected chi connectivity index (χ2v) is 5.84. The number of unbranched alkanes of at least 4 members (excludes halogenated alkanes) is 4. The van der Waals surface area contributed by atoms with Crippen molar-refractivity contribution in [3.8, 4) is 5.75 Å². The fraction of sp³-hybridized carbons (Fsp3) is 0.556. The van der Waals surface area contributed by atoms with E-state index in [2.05, 4.69) is 9.47 Å². The number of benzene rings is 1. The van der Waals surface area contributed by atoms with Gasteiger partial charge in [0.2, 0.25) is 5.91 Å². The summed E-state index contributed by atoms with van der Waals surface area (Å²) in [5, 5.41) is 0. The Labute approximate surface area is 151 Å². The summed E-state index contributed by atoms with van der Waals surface area (Å²) in [6.07, 6.45) is 0.223. The van der Waals surface area contributed by atoms with Gasteiger partial charge in [-0.05, 0) is 37.1 Å². The maximum atomic E-state index is 12.1. The van der Waals surface area contributed by atoms with Crippen LogP contribution in [0.2, 0.25) is 0 Å². The first-order chi connectivity index (χ1) is 12.2. The smallest absolute Gasteiger partial charge is 0.469 e. The van der Waals surface area contributed by atoms with Crippen LogP contribution >= 0.6 is 0 Å². The lowest BCUT2D eigenvalue weighted by molar-refractivity contribution is -0.274. The Morgan fingerprint density at radius 1 is 0.962 bits per heavy atom. The lowest BCUT2D eigenvalue weighted by Gasteiger charge is -2.18. The fourth-order valence-corrected chi connectivity index (χ4v) is 2.36. The van der Waals surface area contributed by atoms with E-state index in [1.54, 1.807) is 7.05 Å². The van der Waals surface area contributed by atoms with E-state index < -0.39 is 6.36 Å². The molecule has 146 valence electrons. The molecule has 26 heavy (non-hydrogen) atoms. The number of carbonyl (C=O) groups is 2. The summed E-state index contributed by atoms with van der Waals surface area (Å²) in [6.45, 7) is 0. The Morgan fingerprint density at radius 2 is 1.50 bits per heavy atom. The van der Waals surface area contributed by atoms with Gasteiger partial charge in [-0.3, -0.25) is 9.59 Å². The molecule has 5 nitrogen and oxygen atoms in total. The topological polar surface area (TPSA) is 55.8 Å². The molecule has 0 aromatic heterocycles. The fourth-order valence-electron chi connectivity index (χ4n) is 2.36. The van der Waals surface area contributed by atoms with Gasteiger partial charge in [0, 0.05) is 25.6 Å².